The molecule has 0 aliphatic heterocycles. The van der Waals surface area contributed by atoms with Crippen molar-refractivity contribution in [3.63, 3.8) is 0 Å². The minimum absolute atomic E-state index is 0.189. The Morgan fingerprint density at radius 3 is 2.64 bits per heavy atom. The van der Waals surface area contributed by atoms with Gasteiger partial charge in [0, 0.05) is 19.7 Å². The first-order chi connectivity index (χ1) is 10.6. The van der Waals surface area contributed by atoms with Gasteiger partial charge in [-0.25, -0.2) is 0 Å². The number of allylic oxidation sites excluding steroid dienone is 1. The second-order valence-corrected chi connectivity index (χ2v) is 5.14. The topological polar surface area (TPSA) is 60.0 Å². The lowest BCUT2D eigenvalue weighted by atomic mass is 10.2. The van der Waals surface area contributed by atoms with Crippen LogP contribution in [-0.4, -0.2) is 51.2 Å². The summed E-state index contributed by atoms with van der Waals surface area (Å²) in [5.74, 6) is 1.28. The molecule has 0 saturated carbocycles. The van der Waals surface area contributed by atoms with Crippen molar-refractivity contribution in [1.82, 2.24) is 5.32 Å². The zero-order chi connectivity index (χ0) is 16.4. The molecule has 2 atom stereocenters. The van der Waals surface area contributed by atoms with E-state index in [2.05, 4.69) is 5.32 Å². The first-order valence-electron chi connectivity index (χ1n) is 7.44. The van der Waals surface area contributed by atoms with Crippen LogP contribution in [0.1, 0.15) is 19.4 Å². The Kier molecular flexibility index (Phi) is 8.58. The zero-order valence-electron chi connectivity index (χ0n) is 13.8. The summed E-state index contributed by atoms with van der Waals surface area (Å²) in [6.07, 6.45) is 3.35. The van der Waals surface area contributed by atoms with E-state index in [4.69, 9.17) is 14.2 Å². The fraction of sp³-hybridized carbons (Fsp3) is 0.529. The van der Waals surface area contributed by atoms with Gasteiger partial charge < -0.3 is 24.6 Å². The molecule has 1 aromatic carbocycles. The highest BCUT2D eigenvalue weighted by Gasteiger charge is 2.10. The van der Waals surface area contributed by atoms with E-state index in [1.54, 1.807) is 14.2 Å². The smallest absolute Gasteiger partial charge is 0.161 e. The van der Waals surface area contributed by atoms with Crippen LogP contribution in [0.25, 0.3) is 6.08 Å². The van der Waals surface area contributed by atoms with Gasteiger partial charge in [-0.3, -0.25) is 0 Å². The number of ether oxygens (including phenoxy) is 3. The molecule has 2 N–H and O–H groups in total. The Morgan fingerprint density at radius 2 is 2.00 bits per heavy atom. The molecule has 0 aliphatic rings. The lowest BCUT2D eigenvalue weighted by Gasteiger charge is -2.18. The predicted molar refractivity (Wildman–Crippen MR) is 88.5 cm³/mol. The Morgan fingerprint density at radius 1 is 1.23 bits per heavy atom. The third kappa shape index (κ3) is 6.47. The van der Waals surface area contributed by atoms with Crippen molar-refractivity contribution < 1.29 is 19.3 Å². The van der Waals surface area contributed by atoms with E-state index in [1.165, 1.54) is 0 Å². The van der Waals surface area contributed by atoms with Crippen LogP contribution < -0.4 is 14.8 Å². The Bertz CT molecular complexity index is 462. The third-order valence-corrected chi connectivity index (χ3v) is 3.10. The van der Waals surface area contributed by atoms with Gasteiger partial charge in [-0.05, 0) is 31.5 Å². The van der Waals surface area contributed by atoms with Crippen molar-refractivity contribution in [2.45, 2.75) is 26.0 Å². The van der Waals surface area contributed by atoms with E-state index in [0.29, 0.717) is 24.7 Å². The lowest BCUT2D eigenvalue weighted by molar-refractivity contribution is 0.0959. The van der Waals surface area contributed by atoms with E-state index in [9.17, 15) is 5.11 Å². The SMILES string of the molecule is CC=Cc1ccc(OCC(O)CNC(C)COC)c(OC)c1. The first kappa shape index (κ1) is 18.5. The van der Waals surface area contributed by atoms with Crippen molar-refractivity contribution in [2.75, 3.05) is 34.0 Å². The van der Waals surface area contributed by atoms with Crippen LogP contribution in [0, 0.1) is 0 Å². The molecule has 0 amide bonds. The van der Waals surface area contributed by atoms with Crippen LogP contribution in [0.2, 0.25) is 0 Å². The van der Waals surface area contributed by atoms with E-state index >= 15 is 0 Å². The van der Waals surface area contributed by atoms with Crippen LogP contribution >= 0.6 is 0 Å². The van der Waals surface area contributed by atoms with Crippen LogP contribution in [0.15, 0.2) is 24.3 Å². The third-order valence-electron chi connectivity index (χ3n) is 3.10. The Labute approximate surface area is 132 Å². The highest BCUT2D eigenvalue weighted by Crippen LogP contribution is 2.28. The van der Waals surface area contributed by atoms with Crippen LogP contribution in [0.4, 0.5) is 0 Å². The van der Waals surface area contributed by atoms with E-state index in [0.717, 1.165) is 5.56 Å². The monoisotopic (exact) mass is 309 g/mol. The summed E-state index contributed by atoms with van der Waals surface area (Å²) in [5.41, 5.74) is 1.04. The number of benzene rings is 1. The van der Waals surface area contributed by atoms with Gasteiger partial charge in [-0.1, -0.05) is 18.2 Å². The molecular formula is C17H27NO4. The minimum Gasteiger partial charge on any atom is -0.493 e. The van der Waals surface area contributed by atoms with Gasteiger partial charge in [0.15, 0.2) is 11.5 Å². The molecule has 22 heavy (non-hydrogen) atoms. The van der Waals surface area contributed by atoms with E-state index < -0.39 is 6.10 Å². The largest absolute Gasteiger partial charge is 0.493 e. The average Bonchev–Trinajstić information content (AvgIpc) is 2.52. The van der Waals surface area contributed by atoms with Gasteiger partial charge in [0.05, 0.1) is 13.7 Å². The van der Waals surface area contributed by atoms with Gasteiger partial charge in [0.25, 0.3) is 0 Å². The number of hydrogen-bond donors (Lipinski definition) is 2. The number of aliphatic hydroxyl groups is 1. The summed E-state index contributed by atoms with van der Waals surface area (Å²) < 4.78 is 16.0. The molecule has 0 bridgehead atoms. The summed E-state index contributed by atoms with van der Waals surface area (Å²) in [6, 6.07) is 5.89. The molecule has 0 fully saturated rings. The molecule has 124 valence electrons. The van der Waals surface area contributed by atoms with Crippen molar-refractivity contribution in [3.8, 4) is 11.5 Å². The normalized spacial score (nSPS) is 14.0. The molecule has 0 aliphatic carbocycles. The maximum atomic E-state index is 9.95. The second kappa shape index (κ2) is 10.2. The van der Waals surface area contributed by atoms with Gasteiger partial charge in [0.1, 0.15) is 12.7 Å². The zero-order valence-corrected chi connectivity index (χ0v) is 13.8. The number of hydrogen-bond acceptors (Lipinski definition) is 5. The minimum atomic E-state index is -0.598. The molecule has 0 aromatic heterocycles. The number of methoxy groups -OCH3 is 2. The van der Waals surface area contributed by atoms with E-state index in [1.807, 2.05) is 44.2 Å². The summed E-state index contributed by atoms with van der Waals surface area (Å²) in [5, 5.41) is 13.1. The van der Waals surface area contributed by atoms with Crippen molar-refractivity contribution in [2.24, 2.45) is 0 Å². The number of rotatable bonds is 10. The van der Waals surface area contributed by atoms with E-state index in [-0.39, 0.29) is 12.6 Å². The van der Waals surface area contributed by atoms with Crippen LogP contribution in [-0.2, 0) is 4.74 Å². The van der Waals surface area contributed by atoms with Crippen molar-refractivity contribution in [1.29, 1.82) is 0 Å². The molecule has 0 saturated heterocycles. The molecule has 0 spiro atoms. The van der Waals surface area contributed by atoms with Gasteiger partial charge in [-0.2, -0.15) is 0 Å². The number of aliphatic hydroxyl groups excluding tert-OH is 1. The summed E-state index contributed by atoms with van der Waals surface area (Å²) >= 11 is 0. The molecule has 5 heteroatoms. The van der Waals surface area contributed by atoms with Gasteiger partial charge in [0.2, 0.25) is 0 Å². The number of nitrogens with one attached hydrogen (secondary N) is 1. The summed E-state index contributed by atoms with van der Waals surface area (Å²) in [6.45, 7) is 5.22. The standard InChI is InChI=1S/C17H27NO4/c1-5-6-14-7-8-16(17(9-14)21-4)22-12-15(19)10-18-13(2)11-20-3/h5-9,13,15,18-19H,10-12H2,1-4H3. The molecule has 0 heterocycles. The average molecular weight is 309 g/mol. The molecule has 2 unspecified atom stereocenters. The van der Waals surface area contributed by atoms with Crippen molar-refractivity contribution in [3.05, 3.63) is 29.8 Å². The Balaban J connectivity index is 2.49. The summed E-state index contributed by atoms with van der Waals surface area (Å²) in [7, 11) is 3.26. The Hall–Kier alpha value is -1.56. The molecule has 0 radical (unpaired) electrons. The van der Waals surface area contributed by atoms with Gasteiger partial charge >= 0.3 is 0 Å². The molecule has 1 rings (SSSR count). The maximum absolute atomic E-state index is 9.95. The molecule has 5 nitrogen and oxygen atoms in total. The predicted octanol–water partition coefficient (Wildman–Crippen LogP) is 2.09. The second-order valence-electron chi connectivity index (χ2n) is 5.14. The van der Waals surface area contributed by atoms with Gasteiger partial charge in [-0.15, -0.1) is 0 Å². The van der Waals surface area contributed by atoms with Crippen LogP contribution in [0.3, 0.4) is 0 Å². The lowest BCUT2D eigenvalue weighted by Crippen LogP contribution is -2.38. The summed E-state index contributed by atoms with van der Waals surface area (Å²) in [4.78, 5) is 0. The highest BCUT2D eigenvalue weighted by atomic mass is 16.5. The first-order valence-corrected chi connectivity index (χ1v) is 7.44. The maximum Gasteiger partial charge on any atom is 0.161 e. The molecular weight excluding hydrogens is 282 g/mol. The fourth-order valence-electron chi connectivity index (χ4n) is 1.99. The quantitative estimate of drug-likeness (QED) is 0.693. The molecule has 1 aromatic rings. The van der Waals surface area contributed by atoms with Crippen LogP contribution in [0.5, 0.6) is 11.5 Å². The fourth-order valence-corrected chi connectivity index (χ4v) is 1.99. The van der Waals surface area contributed by atoms with Crippen molar-refractivity contribution >= 4 is 6.08 Å². The highest BCUT2D eigenvalue weighted by molar-refractivity contribution is 5.55.